The quantitative estimate of drug-likeness (QED) is 0.845. The molecular formula is C16H21N5O. The van der Waals surface area contributed by atoms with Crippen molar-refractivity contribution in [2.45, 2.75) is 44.7 Å². The van der Waals surface area contributed by atoms with Crippen molar-refractivity contribution in [3.63, 3.8) is 0 Å². The Hall–Kier alpha value is -2.24. The standard InChI is InChI=1S/C16H21N5O/c1-2-14(13-7-4-3-5-8-13)15-9-6-10-21(15)16(22)11-20-12-17-18-19-20/h3-5,7-8,12,14-15H,2,6,9-11H2,1H3/t14-,15+/m1/s1. The number of rotatable bonds is 5. The van der Waals surface area contributed by atoms with Crippen LogP contribution in [-0.4, -0.2) is 43.6 Å². The van der Waals surface area contributed by atoms with Crippen LogP contribution in [0.2, 0.25) is 0 Å². The summed E-state index contributed by atoms with van der Waals surface area (Å²) in [6.07, 6.45) is 4.64. The molecular weight excluding hydrogens is 278 g/mol. The molecule has 1 amide bonds. The molecule has 0 N–H and O–H groups in total. The summed E-state index contributed by atoms with van der Waals surface area (Å²) in [6, 6.07) is 10.8. The molecule has 3 rings (SSSR count). The van der Waals surface area contributed by atoms with E-state index in [1.54, 1.807) is 0 Å². The van der Waals surface area contributed by atoms with E-state index in [0.29, 0.717) is 5.92 Å². The highest BCUT2D eigenvalue weighted by Crippen LogP contribution is 2.33. The minimum atomic E-state index is 0.101. The summed E-state index contributed by atoms with van der Waals surface area (Å²) in [6.45, 7) is 3.24. The van der Waals surface area contributed by atoms with E-state index in [1.165, 1.54) is 16.6 Å². The van der Waals surface area contributed by atoms with Gasteiger partial charge in [-0.25, -0.2) is 4.68 Å². The fraction of sp³-hybridized carbons (Fsp3) is 0.500. The summed E-state index contributed by atoms with van der Waals surface area (Å²) < 4.78 is 1.49. The topological polar surface area (TPSA) is 63.9 Å². The molecule has 2 atom stereocenters. The molecule has 2 aromatic rings. The summed E-state index contributed by atoms with van der Waals surface area (Å²) in [7, 11) is 0. The SMILES string of the molecule is CC[C@H](c1ccccc1)[C@@H]1CCCN1C(=O)Cn1cnnn1. The molecule has 1 saturated heterocycles. The maximum atomic E-state index is 12.6. The van der Waals surface area contributed by atoms with E-state index in [2.05, 4.69) is 46.7 Å². The van der Waals surface area contributed by atoms with Gasteiger partial charge in [-0.1, -0.05) is 37.3 Å². The molecule has 0 radical (unpaired) electrons. The zero-order chi connectivity index (χ0) is 15.4. The second-order valence-corrected chi connectivity index (χ2v) is 5.73. The largest absolute Gasteiger partial charge is 0.337 e. The number of aromatic nitrogens is 4. The van der Waals surface area contributed by atoms with Gasteiger partial charge < -0.3 is 4.90 Å². The number of carbonyl (C=O) groups excluding carboxylic acids is 1. The molecule has 1 aliphatic heterocycles. The number of amides is 1. The van der Waals surface area contributed by atoms with Crippen LogP contribution in [0, 0.1) is 0 Å². The first kappa shape index (κ1) is 14.7. The van der Waals surface area contributed by atoms with Crippen LogP contribution in [0.5, 0.6) is 0 Å². The van der Waals surface area contributed by atoms with E-state index in [9.17, 15) is 4.79 Å². The molecule has 1 fully saturated rings. The number of benzene rings is 1. The Morgan fingerprint density at radius 2 is 2.18 bits per heavy atom. The third kappa shape index (κ3) is 3.00. The van der Waals surface area contributed by atoms with E-state index < -0.39 is 0 Å². The van der Waals surface area contributed by atoms with Gasteiger partial charge in [0.15, 0.2) is 0 Å². The van der Waals surface area contributed by atoms with Gasteiger partial charge in [-0.05, 0) is 35.3 Å². The lowest BCUT2D eigenvalue weighted by atomic mass is 9.87. The molecule has 0 saturated carbocycles. The number of carbonyl (C=O) groups is 1. The van der Waals surface area contributed by atoms with E-state index in [0.717, 1.165) is 25.8 Å². The Kier molecular flexibility index (Phi) is 4.46. The Morgan fingerprint density at radius 3 is 2.86 bits per heavy atom. The Labute approximate surface area is 130 Å². The Morgan fingerprint density at radius 1 is 1.36 bits per heavy atom. The number of tetrazole rings is 1. The van der Waals surface area contributed by atoms with Gasteiger partial charge in [-0.3, -0.25) is 4.79 Å². The minimum absolute atomic E-state index is 0.101. The molecule has 0 spiro atoms. The van der Waals surface area contributed by atoms with Crippen molar-refractivity contribution in [2.75, 3.05) is 6.54 Å². The lowest BCUT2D eigenvalue weighted by Crippen LogP contribution is -2.41. The van der Waals surface area contributed by atoms with Gasteiger partial charge in [0.2, 0.25) is 5.91 Å². The first-order valence-corrected chi connectivity index (χ1v) is 7.84. The minimum Gasteiger partial charge on any atom is -0.337 e. The van der Waals surface area contributed by atoms with Crippen molar-refractivity contribution in [1.82, 2.24) is 25.1 Å². The van der Waals surface area contributed by atoms with E-state index >= 15 is 0 Å². The van der Waals surface area contributed by atoms with E-state index in [-0.39, 0.29) is 18.5 Å². The van der Waals surface area contributed by atoms with Crippen molar-refractivity contribution in [3.05, 3.63) is 42.2 Å². The molecule has 1 aliphatic rings. The van der Waals surface area contributed by atoms with E-state index in [4.69, 9.17) is 0 Å². The van der Waals surface area contributed by atoms with Gasteiger partial charge in [0, 0.05) is 18.5 Å². The smallest absolute Gasteiger partial charge is 0.244 e. The van der Waals surface area contributed by atoms with Gasteiger partial charge in [0.05, 0.1) is 0 Å². The number of hydrogen-bond acceptors (Lipinski definition) is 4. The summed E-state index contributed by atoms with van der Waals surface area (Å²) in [5, 5.41) is 10.9. The van der Waals surface area contributed by atoms with Crippen LogP contribution in [0.3, 0.4) is 0 Å². The third-order valence-electron chi connectivity index (χ3n) is 4.44. The van der Waals surface area contributed by atoms with Crippen LogP contribution in [0.1, 0.15) is 37.7 Å². The molecule has 0 aliphatic carbocycles. The summed E-state index contributed by atoms with van der Waals surface area (Å²) in [5.74, 6) is 0.491. The highest BCUT2D eigenvalue weighted by atomic mass is 16.2. The number of likely N-dealkylation sites (tertiary alicyclic amines) is 1. The van der Waals surface area contributed by atoms with Crippen molar-refractivity contribution < 1.29 is 4.79 Å². The Bertz CT molecular complexity index is 598. The van der Waals surface area contributed by atoms with Crippen molar-refractivity contribution in [3.8, 4) is 0 Å². The van der Waals surface area contributed by atoms with Crippen molar-refractivity contribution in [2.24, 2.45) is 0 Å². The molecule has 1 aromatic heterocycles. The maximum Gasteiger partial charge on any atom is 0.244 e. The summed E-state index contributed by atoms with van der Waals surface area (Å²) >= 11 is 0. The van der Waals surface area contributed by atoms with Gasteiger partial charge >= 0.3 is 0 Å². The second-order valence-electron chi connectivity index (χ2n) is 5.73. The van der Waals surface area contributed by atoms with Gasteiger partial charge in [0.25, 0.3) is 0 Å². The summed E-state index contributed by atoms with van der Waals surface area (Å²) in [5.41, 5.74) is 1.32. The molecule has 1 aromatic carbocycles. The van der Waals surface area contributed by atoms with E-state index in [1.807, 2.05) is 11.0 Å². The van der Waals surface area contributed by atoms with Gasteiger partial charge in [0.1, 0.15) is 12.9 Å². The predicted octanol–water partition coefficient (Wildman–Crippen LogP) is 1.86. The molecule has 6 nitrogen and oxygen atoms in total. The number of hydrogen-bond donors (Lipinski definition) is 0. The fourth-order valence-corrected chi connectivity index (χ4v) is 3.43. The average molecular weight is 299 g/mol. The average Bonchev–Trinajstić information content (AvgIpc) is 3.21. The molecule has 0 unspecified atom stereocenters. The van der Waals surface area contributed by atoms with Crippen LogP contribution >= 0.6 is 0 Å². The molecule has 22 heavy (non-hydrogen) atoms. The normalized spacial score (nSPS) is 19.3. The first-order chi connectivity index (χ1) is 10.8. The van der Waals surface area contributed by atoms with Crippen LogP contribution in [-0.2, 0) is 11.3 Å². The van der Waals surface area contributed by atoms with Crippen molar-refractivity contribution >= 4 is 5.91 Å². The van der Waals surface area contributed by atoms with Crippen LogP contribution in [0.4, 0.5) is 0 Å². The highest BCUT2D eigenvalue weighted by Gasteiger charge is 2.34. The molecule has 0 bridgehead atoms. The fourth-order valence-electron chi connectivity index (χ4n) is 3.43. The van der Waals surface area contributed by atoms with Crippen LogP contribution < -0.4 is 0 Å². The van der Waals surface area contributed by atoms with Crippen molar-refractivity contribution in [1.29, 1.82) is 0 Å². The highest BCUT2D eigenvalue weighted by molar-refractivity contribution is 5.76. The third-order valence-corrected chi connectivity index (χ3v) is 4.44. The second kappa shape index (κ2) is 6.68. The lowest BCUT2D eigenvalue weighted by molar-refractivity contribution is -0.133. The lowest BCUT2D eigenvalue weighted by Gasteiger charge is -2.31. The van der Waals surface area contributed by atoms with Crippen LogP contribution in [0.15, 0.2) is 36.7 Å². The molecule has 116 valence electrons. The Balaban J connectivity index is 1.75. The van der Waals surface area contributed by atoms with Gasteiger partial charge in [-0.15, -0.1) is 5.10 Å². The zero-order valence-corrected chi connectivity index (χ0v) is 12.8. The van der Waals surface area contributed by atoms with Crippen LogP contribution in [0.25, 0.3) is 0 Å². The zero-order valence-electron chi connectivity index (χ0n) is 12.8. The molecule has 6 heteroatoms. The van der Waals surface area contributed by atoms with Gasteiger partial charge in [-0.2, -0.15) is 0 Å². The predicted molar refractivity (Wildman–Crippen MR) is 82.0 cm³/mol. The first-order valence-electron chi connectivity index (χ1n) is 7.84. The maximum absolute atomic E-state index is 12.6. The number of nitrogens with zero attached hydrogens (tertiary/aromatic N) is 5. The monoisotopic (exact) mass is 299 g/mol. The summed E-state index contributed by atoms with van der Waals surface area (Å²) in [4.78, 5) is 14.6. The molecule has 2 heterocycles.